The van der Waals surface area contributed by atoms with Gasteiger partial charge in [-0.15, -0.1) is 0 Å². The number of esters is 1. The molecule has 5 N–H and O–H groups in total. The van der Waals surface area contributed by atoms with Crippen molar-refractivity contribution in [2.75, 3.05) is 53.5 Å². The topological polar surface area (TPSA) is 179 Å². The number of aliphatic hydroxyl groups is 2. The number of carbonyl (C=O) groups excluding carboxylic acids is 3. The van der Waals surface area contributed by atoms with Gasteiger partial charge < -0.3 is 44.9 Å². The number of methoxy groups -OCH3 is 4. The Bertz CT molecular complexity index is 1530. The molecule has 0 aromatic heterocycles. The van der Waals surface area contributed by atoms with Crippen molar-refractivity contribution in [1.29, 1.82) is 0 Å². The Morgan fingerprint density at radius 1 is 1.08 bits per heavy atom. The fourth-order valence-corrected chi connectivity index (χ4v) is 12.7. The Kier molecular flexibility index (Phi) is 8.93. The summed E-state index contributed by atoms with van der Waals surface area (Å²) < 4.78 is 31.3. The van der Waals surface area contributed by atoms with Gasteiger partial charge in [0.2, 0.25) is 11.8 Å². The Labute approximate surface area is 293 Å². The second kappa shape index (κ2) is 12.5. The average Bonchev–Trinajstić information content (AvgIpc) is 3.52. The molecule has 1 aliphatic heterocycles. The molecule has 1 aromatic carbocycles. The Hall–Kier alpha value is -2.65. The van der Waals surface area contributed by atoms with E-state index in [2.05, 4.69) is 17.1 Å². The fraction of sp³-hybridized carbons (Fsp3) is 0.757. The predicted molar refractivity (Wildman–Crippen MR) is 180 cm³/mol. The summed E-state index contributed by atoms with van der Waals surface area (Å²) in [5.74, 6) is -3.02. The van der Waals surface area contributed by atoms with Crippen LogP contribution in [0.3, 0.4) is 0 Å². The molecule has 2 amide bonds. The van der Waals surface area contributed by atoms with Crippen LogP contribution < -0.4 is 11.1 Å². The van der Waals surface area contributed by atoms with E-state index in [0.717, 1.165) is 6.42 Å². The van der Waals surface area contributed by atoms with Gasteiger partial charge in [-0.05, 0) is 43.9 Å². The lowest BCUT2D eigenvalue weighted by molar-refractivity contribution is -0.320. The summed E-state index contributed by atoms with van der Waals surface area (Å²) in [5, 5.41) is 29.3. The average molecular weight is 700 g/mol. The third-order valence-corrected chi connectivity index (χ3v) is 14.2. The van der Waals surface area contributed by atoms with E-state index in [1.807, 2.05) is 0 Å². The lowest BCUT2D eigenvalue weighted by Gasteiger charge is -2.70. The SMILES string of the molecule is CCN1C[C@]2(COC(=O)c3ccccc3NC(=O)C(C)CC(N)=O)CCC(OC)C34C5CC6C(OC)C5[C@](O)(C[C@@H]6OC)[C@](O)(C(OC)C32)C14. The summed E-state index contributed by atoms with van der Waals surface area (Å²) in [5.41, 5.74) is 1.21. The van der Waals surface area contributed by atoms with Crippen LogP contribution in [0, 0.1) is 40.4 Å². The number of nitrogens with zero attached hydrogens (tertiary/aromatic N) is 1. The number of hydrogen-bond donors (Lipinski definition) is 4. The van der Waals surface area contributed by atoms with Crippen LogP contribution in [0.1, 0.15) is 56.3 Å². The number of ether oxygens (including phenoxy) is 5. The molecule has 13 heteroatoms. The molecule has 0 radical (unpaired) electrons. The Morgan fingerprint density at radius 2 is 1.82 bits per heavy atom. The largest absolute Gasteiger partial charge is 0.461 e. The van der Waals surface area contributed by atoms with Crippen LogP contribution in [-0.4, -0.2) is 123 Å². The number of carbonyl (C=O) groups is 3. The molecule has 5 aliphatic carbocycles. The summed E-state index contributed by atoms with van der Waals surface area (Å²) in [4.78, 5) is 40.5. The van der Waals surface area contributed by atoms with Gasteiger partial charge in [-0.1, -0.05) is 26.0 Å². The van der Waals surface area contributed by atoms with Crippen molar-refractivity contribution in [1.82, 2.24) is 4.90 Å². The maximum Gasteiger partial charge on any atom is 0.340 e. The molecule has 276 valence electrons. The first-order valence-corrected chi connectivity index (χ1v) is 18.0. The molecule has 6 fully saturated rings. The lowest BCUT2D eigenvalue weighted by atomic mass is 9.42. The second-order valence-corrected chi connectivity index (χ2v) is 15.9. The zero-order valence-corrected chi connectivity index (χ0v) is 29.9. The number of anilines is 1. The van der Waals surface area contributed by atoms with E-state index < -0.39 is 57.9 Å². The van der Waals surface area contributed by atoms with Crippen LogP contribution in [0.25, 0.3) is 0 Å². The minimum absolute atomic E-state index is 0.0402. The number of amides is 2. The number of likely N-dealkylation sites (tertiary alicyclic amines) is 1. The maximum atomic E-state index is 14.0. The first-order valence-electron chi connectivity index (χ1n) is 18.0. The van der Waals surface area contributed by atoms with Crippen LogP contribution in [0.2, 0.25) is 0 Å². The molecule has 1 heterocycles. The highest BCUT2D eigenvalue weighted by molar-refractivity contribution is 6.02. The third kappa shape index (κ3) is 4.46. The molecule has 7 bridgehead atoms. The van der Waals surface area contributed by atoms with E-state index in [1.165, 1.54) is 0 Å². The third-order valence-electron chi connectivity index (χ3n) is 14.2. The molecule has 50 heavy (non-hydrogen) atoms. The number of primary amides is 1. The van der Waals surface area contributed by atoms with E-state index in [9.17, 15) is 24.6 Å². The van der Waals surface area contributed by atoms with Crippen LogP contribution in [0.5, 0.6) is 0 Å². The summed E-state index contributed by atoms with van der Waals surface area (Å²) in [7, 11) is 6.69. The van der Waals surface area contributed by atoms with Gasteiger partial charge in [0.1, 0.15) is 11.2 Å². The summed E-state index contributed by atoms with van der Waals surface area (Å²) in [6.07, 6.45) is 0.586. The van der Waals surface area contributed by atoms with Crippen molar-refractivity contribution in [3.05, 3.63) is 29.8 Å². The van der Waals surface area contributed by atoms with Crippen LogP contribution in [0.4, 0.5) is 5.69 Å². The second-order valence-electron chi connectivity index (χ2n) is 15.9. The number of likely N-dealkylation sites (N-methyl/N-ethyl adjacent to an activating group) is 1. The fourth-order valence-electron chi connectivity index (χ4n) is 12.7. The van der Waals surface area contributed by atoms with Gasteiger partial charge in [-0.25, -0.2) is 4.79 Å². The first kappa shape index (κ1) is 35.7. The maximum absolute atomic E-state index is 14.0. The van der Waals surface area contributed by atoms with Gasteiger partial charge in [0, 0.05) is 82.3 Å². The van der Waals surface area contributed by atoms with E-state index in [1.54, 1.807) is 59.6 Å². The number of hydrogen-bond acceptors (Lipinski definition) is 11. The minimum atomic E-state index is -1.70. The molecule has 1 aromatic rings. The summed E-state index contributed by atoms with van der Waals surface area (Å²) in [6, 6.07) is 6.16. The highest BCUT2D eigenvalue weighted by Crippen LogP contribution is 2.80. The van der Waals surface area contributed by atoms with Crippen molar-refractivity contribution in [3.8, 4) is 0 Å². The standard InChI is InChI=1S/C37H53N3O10/c1-7-40-17-34(18-50-32(43)20-10-8-9-11-23(20)39-31(42)19(2)14-26(38)41)13-12-25(47-4)36-22-15-21-24(46-3)16-35(44,27(22)28(21)48-5)37(45,33(36)40)30(49-6)29(34)36/h8-11,19,21-22,24-25,27-30,33,44-45H,7,12-18H2,1-6H3,(H2,38,41)(H,39,42)/t19?,21?,22?,24-,25?,27?,28?,29?,30?,33?,34-,35+,36?,37-/m0/s1. The zero-order chi connectivity index (χ0) is 36.0. The lowest BCUT2D eigenvalue weighted by Crippen LogP contribution is -2.82. The van der Waals surface area contributed by atoms with Crippen molar-refractivity contribution < 1.29 is 48.3 Å². The number of piperidine rings is 1. The smallest absolute Gasteiger partial charge is 0.340 e. The highest BCUT2D eigenvalue weighted by Gasteiger charge is 2.91. The van der Waals surface area contributed by atoms with Gasteiger partial charge >= 0.3 is 5.97 Å². The van der Waals surface area contributed by atoms with Crippen molar-refractivity contribution in [2.45, 2.75) is 87.6 Å². The number of rotatable bonds is 12. The van der Waals surface area contributed by atoms with Gasteiger partial charge in [-0.3, -0.25) is 14.5 Å². The van der Waals surface area contributed by atoms with Crippen molar-refractivity contribution in [2.24, 2.45) is 46.2 Å². The van der Waals surface area contributed by atoms with Crippen molar-refractivity contribution >= 4 is 23.5 Å². The molecule has 6 aliphatic rings. The number of para-hydroxylation sites is 1. The van der Waals surface area contributed by atoms with Crippen molar-refractivity contribution in [3.63, 3.8) is 0 Å². The number of nitrogens with one attached hydrogen (secondary N) is 1. The van der Waals surface area contributed by atoms with E-state index in [0.29, 0.717) is 25.9 Å². The van der Waals surface area contributed by atoms with Gasteiger partial charge in [0.25, 0.3) is 0 Å². The highest BCUT2D eigenvalue weighted by atomic mass is 16.5. The van der Waals surface area contributed by atoms with Gasteiger partial charge in [0.05, 0.1) is 48.3 Å². The van der Waals surface area contributed by atoms with Crippen LogP contribution >= 0.6 is 0 Å². The number of nitrogens with two attached hydrogens (primary N) is 1. The normalized spacial score (nSPS) is 44.4. The monoisotopic (exact) mass is 699 g/mol. The molecule has 5 saturated carbocycles. The molecule has 14 atom stereocenters. The first-order chi connectivity index (χ1) is 23.8. The zero-order valence-electron chi connectivity index (χ0n) is 29.9. The van der Waals surface area contributed by atoms with Gasteiger partial charge in [-0.2, -0.15) is 0 Å². The Balaban J connectivity index is 1.29. The van der Waals surface area contributed by atoms with E-state index >= 15 is 0 Å². The number of benzene rings is 1. The Morgan fingerprint density at radius 3 is 2.46 bits per heavy atom. The molecule has 1 saturated heterocycles. The predicted octanol–water partition coefficient (Wildman–Crippen LogP) is 1.59. The van der Waals surface area contributed by atoms with Gasteiger partial charge in [0.15, 0.2) is 0 Å². The molecule has 7 rings (SSSR count). The van der Waals surface area contributed by atoms with Crippen LogP contribution in [-0.2, 0) is 33.3 Å². The molecular weight excluding hydrogens is 646 g/mol. The van der Waals surface area contributed by atoms with E-state index in [4.69, 9.17) is 29.4 Å². The molecule has 1 spiro atoms. The van der Waals surface area contributed by atoms with E-state index in [-0.39, 0.29) is 72.7 Å². The summed E-state index contributed by atoms with van der Waals surface area (Å²) >= 11 is 0. The summed E-state index contributed by atoms with van der Waals surface area (Å²) in [6.45, 7) is 4.84. The minimum Gasteiger partial charge on any atom is -0.461 e. The number of fused-ring (bicyclic) bond motifs is 2. The molecule has 10 unspecified atom stereocenters. The molecule has 13 nitrogen and oxygen atoms in total. The quantitative estimate of drug-likeness (QED) is 0.233. The van der Waals surface area contributed by atoms with Crippen LogP contribution in [0.15, 0.2) is 24.3 Å². The molecular formula is C37H53N3O10.